The van der Waals surface area contributed by atoms with Crippen LogP contribution in [0.4, 0.5) is 0 Å². The van der Waals surface area contributed by atoms with E-state index < -0.39 is 24.8 Å². The van der Waals surface area contributed by atoms with E-state index in [1.54, 1.807) is 0 Å². The molecule has 10 nitrogen and oxygen atoms in total. The normalized spacial score (nSPS) is 5.20. The van der Waals surface area contributed by atoms with E-state index in [2.05, 4.69) is 0 Å². The summed E-state index contributed by atoms with van der Waals surface area (Å²) >= 11 is 0. The van der Waals surface area contributed by atoms with Crippen LogP contribution in [0.2, 0.25) is 0 Å². The SMILES string of the molecule is O.O=[P+]([O-])[O-].O=[P+]([O-])[O-].O=[P+]([O-])[O-].[Al+3].[Al+3]. The molecule has 15 heteroatoms. The topological polar surface area (TPSA) is 221 Å². The average molecular weight is 309 g/mol. The van der Waals surface area contributed by atoms with Gasteiger partial charge < -0.3 is 34.8 Å². The maximum Gasteiger partial charge on any atom is 3.00 e. The minimum absolute atomic E-state index is 0. The second-order valence-electron chi connectivity index (χ2n) is 0.671. The molecule has 0 amide bonds. The van der Waals surface area contributed by atoms with E-state index >= 15 is 0 Å². The van der Waals surface area contributed by atoms with Crippen molar-refractivity contribution in [1.29, 1.82) is 0 Å². The van der Waals surface area contributed by atoms with Crippen molar-refractivity contribution in [3.8, 4) is 0 Å². The van der Waals surface area contributed by atoms with Gasteiger partial charge in [-0.1, -0.05) is 13.7 Å². The fraction of sp³-hybridized carbons (Fsp3) is 0. The van der Waals surface area contributed by atoms with Crippen molar-refractivity contribution < 1.29 is 48.5 Å². The third kappa shape index (κ3) is 2190. The predicted octanol–water partition coefficient (Wildman–Crippen LogP) is -6.49. The zero-order valence-electron chi connectivity index (χ0n) is 6.67. The molecule has 0 saturated carbocycles. The fourth-order valence-electron chi connectivity index (χ4n) is 0. The average Bonchev–Trinajstić information content (AvgIpc) is 1.54. The first-order valence-corrected chi connectivity index (χ1v) is 4.93. The summed E-state index contributed by atoms with van der Waals surface area (Å²) in [5.74, 6) is 0. The Balaban J connectivity index is -0.0000000184. The van der Waals surface area contributed by atoms with E-state index in [0.717, 1.165) is 0 Å². The predicted molar refractivity (Wildman–Crippen MR) is 37.9 cm³/mol. The molecule has 15 heavy (non-hydrogen) atoms. The van der Waals surface area contributed by atoms with E-state index in [1.165, 1.54) is 0 Å². The molecule has 0 rings (SSSR count). The molecule has 0 aliphatic heterocycles. The fourth-order valence-corrected chi connectivity index (χ4v) is 0. The molecule has 0 atom stereocenters. The second-order valence-corrected chi connectivity index (χ2v) is 2.01. The van der Waals surface area contributed by atoms with Crippen molar-refractivity contribution >= 4 is 59.5 Å². The van der Waals surface area contributed by atoms with Gasteiger partial charge in [0.25, 0.3) is 24.8 Å². The van der Waals surface area contributed by atoms with Crippen LogP contribution >= 0.6 is 24.8 Å². The van der Waals surface area contributed by atoms with Crippen LogP contribution in [0.5, 0.6) is 0 Å². The van der Waals surface area contributed by atoms with Crippen LogP contribution in [0.3, 0.4) is 0 Å². The van der Waals surface area contributed by atoms with Crippen molar-refractivity contribution in [3.05, 3.63) is 0 Å². The van der Waals surface area contributed by atoms with Gasteiger partial charge in [0.1, 0.15) is 0 Å². The van der Waals surface area contributed by atoms with Gasteiger partial charge in [0.15, 0.2) is 0 Å². The molecule has 80 valence electrons. The molecule has 0 aromatic heterocycles. The molecule has 0 saturated heterocycles. The Bertz CT molecular complexity index is 116. The molecule has 0 unspecified atom stereocenters. The molecule has 2 N–H and O–H groups in total. The van der Waals surface area contributed by atoms with E-state index in [-0.39, 0.29) is 40.2 Å². The standard InChI is InChI=1S/2Al.3HO3P.H2O/c;;3*1-4(2)3;/h;;3*(H,1,2,3);1H2/q2*+3;;;;/p-3. The Morgan fingerprint density at radius 1 is 0.533 bits per heavy atom. The first-order valence-electron chi connectivity index (χ1n) is 1.64. The van der Waals surface area contributed by atoms with Gasteiger partial charge in [0.05, 0.1) is 0 Å². The first-order chi connectivity index (χ1) is 5.20. The Morgan fingerprint density at radius 3 is 0.533 bits per heavy atom. The molecule has 0 radical (unpaired) electrons. The third-order valence-corrected chi connectivity index (χ3v) is 0. The van der Waals surface area contributed by atoms with Crippen LogP contribution in [0.25, 0.3) is 0 Å². The van der Waals surface area contributed by atoms with Crippen LogP contribution in [-0.4, -0.2) is 40.2 Å². The van der Waals surface area contributed by atoms with Crippen LogP contribution in [-0.2, 0) is 13.7 Å². The van der Waals surface area contributed by atoms with Gasteiger partial charge in [0, 0.05) is 0 Å². The summed E-state index contributed by atoms with van der Waals surface area (Å²) < 4.78 is 25.4. The van der Waals surface area contributed by atoms with Crippen molar-refractivity contribution in [3.63, 3.8) is 0 Å². The van der Waals surface area contributed by atoms with Crippen LogP contribution in [0, 0.1) is 0 Å². The summed E-state index contributed by atoms with van der Waals surface area (Å²) in [6.07, 6.45) is 0. The number of rotatable bonds is 0. The molecule has 0 aromatic rings. The van der Waals surface area contributed by atoms with Gasteiger partial charge in [-0.3, -0.25) is 0 Å². The van der Waals surface area contributed by atoms with E-state index in [1.807, 2.05) is 0 Å². The maximum absolute atomic E-state index is 8.48. The molecule has 0 fully saturated rings. The molecular weight excluding hydrogens is 307 g/mol. The van der Waals surface area contributed by atoms with Crippen LogP contribution < -0.4 is 29.4 Å². The smallest absolute Gasteiger partial charge is 0.598 e. The monoisotopic (exact) mass is 309 g/mol. The third-order valence-electron chi connectivity index (χ3n) is 0. The number of hydrogen-bond acceptors (Lipinski definition) is 9. The number of hydrogen-bond donors (Lipinski definition) is 0. The first kappa shape index (κ1) is 36.0. The summed E-state index contributed by atoms with van der Waals surface area (Å²) in [5, 5.41) is 0. The zero-order chi connectivity index (χ0) is 10.7. The van der Waals surface area contributed by atoms with Gasteiger partial charge in [-0.2, -0.15) is 0 Å². The van der Waals surface area contributed by atoms with Crippen LogP contribution in [0.15, 0.2) is 0 Å². The molecule has 0 heterocycles. The van der Waals surface area contributed by atoms with Crippen LogP contribution in [0.1, 0.15) is 0 Å². The van der Waals surface area contributed by atoms with Gasteiger partial charge >= 0.3 is 34.7 Å². The minimum atomic E-state index is -3.37. The van der Waals surface area contributed by atoms with Crippen molar-refractivity contribution in [2.75, 3.05) is 0 Å². The molecule has 0 aliphatic carbocycles. The van der Waals surface area contributed by atoms with Gasteiger partial charge in [-0.15, -0.1) is 0 Å². The summed E-state index contributed by atoms with van der Waals surface area (Å²) in [6.45, 7) is 0. The maximum atomic E-state index is 8.48. The largest absolute Gasteiger partial charge is 3.00 e. The van der Waals surface area contributed by atoms with E-state index in [0.29, 0.717) is 0 Å². The molecular formula is H2Al2O10P3+3. The second kappa shape index (κ2) is 29.4. The molecule has 0 aromatic carbocycles. The Kier molecular flexibility index (Phi) is 70.6. The Labute approximate surface area is 108 Å². The van der Waals surface area contributed by atoms with Gasteiger partial charge in [-0.05, 0) is 0 Å². The molecule has 0 aliphatic rings. The summed E-state index contributed by atoms with van der Waals surface area (Å²) in [7, 11) is -10.1. The zero-order valence-corrected chi connectivity index (χ0v) is 11.7. The Hall–Kier alpha value is 1.08. The van der Waals surface area contributed by atoms with Gasteiger partial charge in [-0.25, -0.2) is 0 Å². The summed E-state index contributed by atoms with van der Waals surface area (Å²) in [6, 6.07) is 0. The molecule has 0 bridgehead atoms. The van der Waals surface area contributed by atoms with E-state index in [4.69, 9.17) is 43.1 Å². The molecule has 0 spiro atoms. The van der Waals surface area contributed by atoms with Crippen molar-refractivity contribution in [1.82, 2.24) is 0 Å². The van der Waals surface area contributed by atoms with E-state index in [9.17, 15) is 0 Å². The van der Waals surface area contributed by atoms with Gasteiger partial charge in [0.2, 0.25) is 0 Å². The quantitative estimate of drug-likeness (QED) is 0.306. The summed E-state index contributed by atoms with van der Waals surface area (Å²) in [5.41, 5.74) is 0. The van der Waals surface area contributed by atoms with Crippen molar-refractivity contribution in [2.24, 2.45) is 0 Å². The van der Waals surface area contributed by atoms with Crippen molar-refractivity contribution in [2.45, 2.75) is 0 Å². The Morgan fingerprint density at radius 2 is 0.533 bits per heavy atom. The summed E-state index contributed by atoms with van der Waals surface area (Å²) in [4.78, 5) is 50.9. The minimum Gasteiger partial charge on any atom is -0.598 e.